The van der Waals surface area contributed by atoms with E-state index >= 15 is 0 Å². The lowest BCUT2D eigenvalue weighted by atomic mass is 10.2. The minimum atomic E-state index is -0.0175. The monoisotopic (exact) mass is 363 g/mol. The molecule has 2 aromatic rings. The van der Waals surface area contributed by atoms with Crippen molar-refractivity contribution >= 4 is 34.6 Å². The van der Waals surface area contributed by atoms with E-state index in [2.05, 4.69) is 4.99 Å². The maximum atomic E-state index is 12.8. The van der Waals surface area contributed by atoms with Crippen LogP contribution in [0.5, 0.6) is 0 Å². The number of amides is 1. The molecule has 0 saturated carbocycles. The second kappa shape index (κ2) is 8.65. The number of rotatable bonds is 5. The van der Waals surface area contributed by atoms with Crippen LogP contribution in [0, 0.1) is 0 Å². The molecule has 1 heterocycles. The third-order valence-corrected chi connectivity index (χ3v) is 4.65. The molecule has 1 aliphatic heterocycles. The normalized spacial score (nSPS) is 18.0. The summed E-state index contributed by atoms with van der Waals surface area (Å²) in [4.78, 5) is 21.8. The van der Waals surface area contributed by atoms with Crippen LogP contribution in [0.4, 0.5) is 5.69 Å². The molecule has 26 heavy (non-hydrogen) atoms. The van der Waals surface area contributed by atoms with Gasteiger partial charge < -0.3 is 0 Å². The maximum Gasteiger partial charge on any atom is 0.267 e. The van der Waals surface area contributed by atoms with E-state index in [1.165, 1.54) is 11.8 Å². The summed E-state index contributed by atoms with van der Waals surface area (Å²) in [5, 5.41) is 0.703. The maximum absolute atomic E-state index is 12.8. The summed E-state index contributed by atoms with van der Waals surface area (Å²) in [5.74, 6) is -0.0175. The molecular formula is C21H21N3OS. The Kier molecular flexibility index (Phi) is 6.04. The van der Waals surface area contributed by atoms with E-state index in [0.717, 1.165) is 11.3 Å². The van der Waals surface area contributed by atoms with E-state index in [9.17, 15) is 4.79 Å². The average molecular weight is 363 g/mol. The molecule has 0 N–H and O–H groups in total. The first kappa shape index (κ1) is 18.2. The molecule has 0 atom stereocenters. The van der Waals surface area contributed by atoms with Crippen molar-refractivity contribution in [3.8, 4) is 0 Å². The van der Waals surface area contributed by atoms with Crippen LogP contribution in [-0.4, -0.2) is 41.6 Å². The highest BCUT2D eigenvalue weighted by Gasteiger charge is 2.33. The van der Waals surface area contributed by atoms with Gasteiger partial charge in [-0.3, -0.25) is 14.6 Å². The predicted octanol–water partition coefficient (Wildman–Crippen LogP) is 4.37. The van der Waals surface area contributed by atoms with Gasteiger partial charge in [-0.1, -0.05) is 60.7 Å². The Morgan fingerprint density at radius 3 is 2.35 bits per heavy atom. The van der Waals surface area contributed by atoms with Gasteiger partial charge in [-0.05, 0) is 49.6 Å². The molecule has 0 aliphatic carbocycles. The second-order valence-corrected chi connectivity index (χ2v) is 7.10. The standard InChI is InChI=1S/C21H21N3OS/c1-23(2)16-24-20(25)19(15-9-12-17-10-5-3-6-11-17)26-21(24)22-18-13-7-4-8-14-18/h3-15H,16H2,1-2H3/b12-9+,19-15-,22-21?. The molecule has 1 fully saturated rings. The Balaban J connectivity index is 1.84. The van der Waals surface area contributed by atoms with Gasteiger partial charge in [-0.25, -0.2) is 4.99 Å². The zero-order chi connectivity index (χ0) is 18.4. The Hall–Kier alpha value is -2.63. The van der Waals surface area contributed by atoms with Crippen molar-refractivity contribution in [1.82, 2.24) is 9.80 Å². The third kappa shape index (κ3) is 4.71. The van der Waals surface area contributed by atoms with Crippen molar-refractivity contribution in [3.05, 3.63) is 83.3 Å². The molecule has 0 radical (unpaired) electrons. The van der Waals surface area contributed by atoms with Crippen molar-refractivity contribution < 1.29 is 4.79 Å². The quantitative estimate of drug-likeness (QED) is 0.740. The van der Waals surface area contributed by atoms with Gasteiger partial charge >= 0.3 is 0 Å². The fourth-order valence-corrected chi connectivity index (χ4v) is 3.38. The molecule has 3 rings (SSSR count). The number of carbonyl (C=O) groups is 1. The van der Waals surface area contributed by atoms with Gasteiger partial charge in [-0.2, -0.15) is 0 Å². The second-order valence-electron chi connectivity index (χ2n) is 6.09. The lowest BCUT2D eigenvalue weighted by Crippen LogP contribution is -2.37. The summed E-state index contributed by atoms with van der Waals surface area (Å²) in [6.07, 6.45) is 5.76. The third-order valence-electron chi connectivity index (χ3n) is 3.63. The summed E-state index contributed by atoms with van der Waals surface area (Å²) >= 11 is 1.41. The highest BCUT2D eigenvalue weighted by molar-refractivity contribution is 8.18. The van der Waals surface area contributed by atoms with Crippen LogP contribution in [0.1, 0.15) is 5.56 Å². The van der Waals surface area contributed by atoms with Gasteiger partial charge in [0, 0.05) is 0 Å². The lowest BCUT2D eigenvalue weighted by Gasteiger charge is -2.20. The summed E-state index contributed by atoms with van der Waals surface area (Å²) in [6, 6.07) is 19.7. The van der Waals surface area contributed by atoms with Crippen LogP contribution in [-0.2, 0) is 4.79 Å². The molecule has 1 amide bonds. The largest absolute Gasteiger partial charge is 0.292 e. The molecular weight excluding hydrogens is 342 g/mol. The predicted molar refractivity (Wildman–Crippen MR) is 110 cm³/mol. The number of hydrogen-bond acceptors (Lipinski definition) is 4. The first-order chi connectivity index (χ1) is 12.6. The molecule has 5 heteroatoms. The molecule has 1 aliphatic rings. The number of hydrogen-bond donors (Lipinski definition) is 0. The first-order valence-electron chi connectivity index (χ1n) is 8.35. The van der Waals surface area contributed by atoms with E-state index in [-0.39, 0.29) is 5.91 Å². The van der Waals surface area contributed by atoms with Gasteiger partial charge in [0.1, 0.15) is 0 Å². The van der Waals surface area contributed by atoms with Gasteiger partial charge in [-0.15, -0.1) is 0 Å². The Morgan fingerprint density at radius 1 is 1.04 bits per heavy atom. The molecule has 0 spiro atoms. The summed E-state index contributed by atoms with van der Waals surface area (Å²) < 4.78 is 0. The zero-order valence-electron chi connectivity index (χ0n) is 14.9. The molecule has 0 unspecified atom stereocenters. The number of nitrogens with zero attached hydrogens (tertiary/aromatic N) is 3. The van der Waals surface area contributed by atoms with E-state index in [1.807, 2.05) is 97.9 Å². The zero-order valence-corrected chi connectivity index (χ0v) is 15.7. The summed E-state index contributed by atoms with van der Waals surface area (Å²) in [5.41, 5.74) is 1.94. The van der Waals surface area contributed by atoms with Crippen molar-refractivity contribution in [2.24, 2.45) is 4.99 Å². The molecule has 4 nitrogen and oxygen atoms in total. The number of para-hydroxylation sites is 1. The number of carbonyl (C=O) groups excluding carboxylic acids is 1. The van der Waals surface area contributed by atoms with E-state index in [0.29, 0.717) is 16.7 Å². The van der Waals surface area contributed by atoms with Crippen LogP contribution in [0.2, 0.25) is 0 Å². The highest BCUT2D eigenvalue weighted by atomic mass is 32.2. The molecule has 0 bridgehead atoms. The number of thioether (sulfide) groups is 1. The van der Waals surface area contributed by atoms with Crippen LogP contribution in [0.25, 0.3) is 6.08 Å². The fraction of sp³-hybridized carbons (Fsp3) is 0.143. The van der Waals surface area contributed by atoms with Gasteiger partial charge in [0.15, 0.2) is 5.17 Å². The van der Waals surface area contributed by atoms with Crippen LogP contribution in [0.3, 0.4) is 0 Å². The molecule has 1 saturated heterocycles. The highest BCUT2D eigenvalue weighted by Crippen LogP contribution is 2.32. The number of aliphatic imine (C=N–C) groups is 1. The van der Waals surface area contributed by atoms with Crippen LogP contribution < -0.4 is 0 Å². The van der Waals surface area contributed by atoms with Crippen molar-refractivity contribution in [1.29, 1.82) is 0 Å². The van der Waals surface area contributed by atoms with Crippen LogP contribution in [0.15, 0.2) is 82.7 Å². The van der Waals surface area contributed by atoms with Crippen molar-refractivity contribution in [2.75, 3.05) is 20.8 Å². The van der Waals surface area contributed by atoms with E-state index in [1.54, 1.807) is 4.90 Å². The van der Waals surface area contributed by atoms with Crippen molar-refractivity contribution in [2.45, 2.75) is 0 Å². The minimum absolute atomic E-state index is 0.0175. The average Bonchev–Trinajstić information content (AvgIpc) is 2.92. The Labute approximate surface area is 158 Å². The van der Waals surface area contributed by atoms with Crippen molar-refractivity contribution in [3.63, 3.8) is 0 Å². The topological polar surface area (TPSA) is 35.9 Å². The number of amidine groups is 1. The lowest BCUT2D eigenvalue weighted by molar-refractivity contribution is -0.123. The van der Waals surface area contributed by atoms with Gasteiger partial charge in [0.25, 0.3) is 5.91 Å². The van der Waals surface area contributed by atoms with Gasteiger partial charge in [0.2, 0.25) is 0 Å². The van der Waals surface area contributed by atoms with E-state index < -0.39 is 0 Å². The smallest absolute Gasteiger partial charge is 0.267 e. The first-order valence-corrected chi connectivity index (χ1v) is 9.17. The molecule has 2 aromatic carbocycles. The molecule has 132 valence electrons. The Morgan fingerprint density at radius 2 is 1.69 bits per heavy atom. The fourth-order valence-electron chi connectivity index (χ4n) is 2.44. The Bertz CT molecular complexity index is 842. The van der Waals surface area contributed by atoms with Gasteiger partial charge in [0.05, 0.1) is 17.3 Å². The van der Waals surface area contributed by atoms with E-state index in [4.69, 9.17) is 0 Å². The minimum Gasteiger partial charge on any atom is -0.292 e. The number of benzene rings is 2. The SMILES string of the molecule is CN(C)CN1C(=O)/C(=C/C=C/c2ccccc2)SC1=Nc1ccccc1. The van der Waals surface area contributed by atoms with Crippen LogP contribution >= 0.6 is 11.8 Å². The summed E-state index contributed by atoms with van der Waals surface area (Å²) in [7, 11) is 3.88. The summed E-state index contributed by atoms with van der Waals surface area (Å²) in [6.45, 7) is 0.497. The molecule has 0 aromatic heterocycles. The number of allylic oxidation sites excluding steroid dienone is 2.